The second kappa shape index (κ2) is 6.87. The number of rotatable bonds is 4. The van der Waals surface area contributed by atoms with Gasteiger partial charge in [-0.3, -0.25) is 9.78 Å². The lowest BCUT2D eigenvalue weighted by molar-refractivity contribution is 0.101. The zero-order valence-electron chi connectivity index (χ0n) is 14.2. The summed E-state index contributed by atoms with van der Waals surface area (Å²) in [5.74, 6) is -0.479. The van der Waals surface area contributed by atoms with E-state index in [1.807, 2.05) is 30.3 Å². The molecule has 0 unspecified atom stereocenters. The standard InChI is InChI=1S/C19H19N5O2/c25-18(17-21-19(26)24(22-17)16-6-2-1-3-7-16)20-14-8-10-15(11-9-14)23-12-4-5-13-23/h1-3,6-11H,4-5,12-13H2,(H,20,25)(H,21,22,26). The highest BCUT2D eigenvalue weighted by molar-refractivity contribution is 6.01. The van der Waals surface area contributed by atoms with Gasteiger partial charge >= 0.3 is 5.69 Å². The maximum absolute atomic E-state index is 12.4. The predicted molar refractivity (Wildman–Crippen MR) is 100 cm³/mol. The fourth-order valence-electron chi connectivity index (χ4n) is 3.09. The maximum atomic E-state index is 12.4. The topological polar surface area (TPSA) is 83.0 Å². The molecular weight excluding hydrogens is 330 g/mol. The molecule has 1 fully saturated rings. The monoisotopic (exact) mass is 349 g/mol. The van der Waals surface area contributed by atoms with Crippen LogP contribution in [0.1, 0.15) is 23.5 Å². The highest BCUT2D eigenvalue weighted by atomic mass is 16.2. The molecule has 26 heavy (non-hydrogen) atoms. The molecule has 0 bridgehead atoms. The zero-order valence-corrected chi connectivity index (χ0v) is 14.2. The molecule has 2 aromatic carbocycles. The minimum atomic E-state index is -0.453. The van der Waals surface area contributed by atoms with Crippen LogP contribution in [-0.2, 0) is 0 Å². The van der Waals surface area contributed by atoms with Crippen LogP contribution < -0.4 is 15.9 Å². The van der Waals surface area contributed by atoms with Crippen LogP contribution in [-0.4, -0.2) is 33.8 Å². The molecule has 7 heteroatoms. The van der Waals surface area contributed by atoms with Gasteiger partial charge in [-0.05, 0) is 49.2 Å². The van der Waals surface area contributed by atoms with E-state index in [2.05, 4.69) is 20.3 Å². The third-order valence-electron chi connectivity index (χ3n) is 4.43. The molecule has 1 aliphatic heterocycles. The van der Waals surface area contributed by atoms with Gasteiger partial charge in [-0.25, -0.2) is 4.79 Å². The smallest absolute Gasteiger partial charge is 0.348 e. The minimum absolute atomic E-state index is 0.0255. The third kappa shape index (κ3) is 3.23. The number of carbonyl (C=O) groups is 1. The Hall–Kier alpha value is -3.35. The first kappa shape index (κ1) is 16.1. The molecule has 1 aliphatic rings. The van der Waals surface area contributed by atoms with Crippen molar-refractivity contribution in [2.45, 2.75) is 12.8 Å². The Kier molecular flexibility index (Phi) is 4.27. The van der Waals surface area contributed by atoms with Crippen molar-refractivity contribution in [3.05, 3.63) is 70.9 Å². The van der Waals surface area contributed by atoms with Gasteiger partial charge in [0.2, 0.25) is 5.82 Å². The first-order valence-electron chi connectivity index (χ1n) is 8.62. The SMILES string of the molecule is O=C(Nc1ccc(N2CCCC2)cc1)c1nn(-c2ccccc2)c(=O)[nH]1. The number of hydrogen-bond acceptors (Lipinski definition) is 4. The number of para-hydroxylation sites is 1. The van der Waals surface area contributed by atoms with Crippen LogP contribution in [0.15, 0.2) is 59.4 Å². The lowest BCUT2D eigenvalue weighted by Gasteiger charge is -2.17. The van der Waals surface area contributed by atoms with Gasteiger partial charge in [-0.15, -0.1) is 5.10 Å². The van der Waals surface area contributed by atoms with Crippen molar-refractivity contribution in [2.24, 2.45) is 0 Å². The maximum Gasteiger partial charge on any atom is 0.348 e. The summed E-state index contributed by atoms with van der Waals surface area (Å²) in [5.41, 5.74) is 1.96. The lowest BCUT2D eigenvalue weighted by atomic mass is 10.2. The molecule has 2 N–H and O–H groups in total. The Balaban J connectivity index is 1.49. The molecule has 0 radical (unpaired) electrons. The van der Waals surface area contributed by atoms with E-state index >= 15 is 0 Å². The van der Waals surface area contributed by atoms with E-state index in [1.54, 1.807) is 24.3 Å². The normalized spacial score (nSPS) is 13.8. The number of hydrogen-bond donors (Lipinski definition) is 2. The molecule has 1 amide bonds. The fourth-order valence-corrected chi connectivity index (χ4v) is 3.09. The third-order valence-corrected chi connectivity index (χ3v) is 4.43. The Morgan fingerprint density at radius 1 is 0.962 bits per heavy atom. The summed E-state index contributed by atoms with van der Waals surface area (Å²) in [6.45, 7) is 2.15. The summed E-state index contributed by atoms with van der Waals surface area (Å²) in [4.78, 5) is 29.3. The second-order valence-electron chi connectivity index (χ2n) is 6.22. The summed E-state index contributed by atoms with van der Waals surface area (Å²) in [6, 6.07) is 16.7. The molecule has 4 rings (SSSR count). The molecule has 132 valence electrons. The minimum Gasteiger partial charge on any atom is -0.372 e. The van der Waals surface area contributed by atoms with Crippen molar-refractivity contribution in [1.29, 1.82) is 0 Å². The number of anilines is 2. The number of H-pyrrole nitrogens is 1. The molecule has 0 saturated carbocycles. The van der Waals surface area contributed by atoms with Crippen molar-refractivity contribution in [2.75, 3.05) is 23.3 Å². The number of carbonyl (C=O) groups excluding carboxylic acids is 1. The summed E-state index contributed by atoms with van der Waals surface area (Å²) >= 11 is 0. The van der Waals surface area contributed by atoms with Crippen molar-refractivity contribution in [3.63, 3.8) is 0 Å². The van der Waals surface area contributed by atoms with Crippen molar-refractivity contribution < 1.29 is 4.79 Å². The Morgan fingerprint density at radius 2 is 1.65 bits per heavy atom. The number of nitrogens with one attached hydrogen (secondary N) is 2. The average molecular weight is 349 g/mol. The van der Waals surface area contributed by atoms with Gasteiger partial charge in [0.25, 0.3) is 5.91 Å². The summed E-state index contributed by atoms with van der Waals surface area (Å²) in [5, 5.41) is 6.85. The number of aromatic nitrogens is 3. The molecule has 3 aromatic rings. The summed E-state index contributed by atoms with van der Waals surface area (Å²) < 4.78 is 1.17. The highest BCUT2D eigenvalue weighted by Gasteiger charge is 2.15. The van der Waals surface area contributed by atoms with Gasteiger partial charge in [0.1, 0.15) is 0 Å². The molecule has 0 aliphatic carbocycles. The molecule has 2 heterocycles. The van der Waals surface area contributed by atoms with Crippen LogP contribution in [0, 0.1) is 0 Å². The fraction of sp³-hybridized carbons (Fsp3) is 0.211. The number of benzene rings is 2. The molecule has 1 saturated heterocycles. The molecule has 0 atom stereocenters. The van der Waals surface area contributed by atoms with Crippen molar-refractivity contribution in [1.82, 2.24) is 14.8 Å². The van der Waals surface area contributed by atoms with Crippen molar-refractivity contribution in [3.8, 4) is 5.69 Å². The zero-order chi connectivity index (χ0) is 17.9. The number of amides is 1. The molecule has 1 aromatic heterocycles. The number of aromatic amines is 1. The van der Waals surface area contributed by atoms with Gasteiger partial charge in [-0.1, -0.05) is 18.2 Å². The molecular formula is C19H19N5O2. The predicted octanol–water partition coefficient (Wildman–Crippen LogP) is 2.41. The van der Waals surface area contributed by atoms with Crippen LogP contribution in [0.2, 0.25) is 0 Å². The molecule has 0 spiro atoms. The van der Waals surface area contributed by atoms with E-state index in [0.29, 0.717) is 11.4 Å². The van der Waals surface area contributed by atoms with Crippen LogP contribution in [0.5, 0.6) is 0 Å². The van der Waals surface area contributed by atoms with Gasteiger partial charge < -0.3 is 10.2 Å². The van der Waals surface area contributed by atoms with E-state index in [9.17, 15) is 9.59 Å². The lowest BCUT2D eigenvalue weighted by Crippen LogP contribution is -2.18. The van der Waals surface area contributed by atoms with Crippen LogP contribution in [0.3, 0.4) is 0 Å². The van der Waals surface area contributed by atoms with E-state index in [4.69, 9.17) is 0 Å². The van der Waals surface area contributed by atoms with E-state index < -0.39 is 11.6 Å². The quantitative estimate of drug-likeness (QED) is 0.758. The number of nitrogens with zero attached hydrogens (tertiary/aromatic N) is 3. The Bertz CT molecular complexity index is 954. The highest BCUT2D eigenvalue weighted by Crippen LogP contribution is 2.22. The first-order chi connectivity index (χ1) is 12.7. The van der Waals surface area contributed by atoms with Gasteiger partial charge in [0, 0.05) is 24.5 Å². The van der Waals surface area contributed by atoms with Crippen LogP contribution in [0.4, 0.5) is 11.4 Å². The van der Waals surface area contributed by atoms with E-state index in [1.165, 1.54) is 17.5 Å². The van der Waals surface area contributed by atoms with E-state index in [0.717, 1.165) is 18.8 Å². The van der Waals surface area contributed by atoms with Gasteiger partial charge in [-0.2, -0.15) is 4.68 Å². The van der Waals surface area contributed by atoms with Gasteiger partial charge in [0.15, 0.2) is 0 Å². The molecule has 7 nitrogen and oxygen atoms in total. The van der Waals surface area contributed by atoms with Crippen molar-refractivity contribution >= 4 is 17.3 Å². The average Bonchev–Trinajstić information content (AvgIpc) is 3.33. The first-order valence-corrected chi connectivity index (χ1v) is 8.62. The van der Waals surface area contributed by atoms with E-state index in [-0.39, 0.29) is 5.82 Å². The van der Waals surface area contributed by atoms with Gasteiger partial charge in [0.05, 0.1) is 5.69 Å². The summed E-state index contributed by atoms with van der Waals surface area (Å²) in [7, 11) is 0. The second-order valence-corrected chi connectivity index (χ2v) is 6.22. The Labute approximate surface area is 150 Å². The van der Waals surface area contributed by atoms with Crippen LogP contribution in [0.25, 0.3) is 5.69 Å². The summed E-state index contributed by atoms with van der Waals surface area (Å²) in [6.07, 6.45) is 2.44. The van der Waals surface area contributed by atoms with Crippen LogP contribution >= 0.6 is 0 Å². The Morgan fingerprint density at radius 3 is 2.35 bits per heavy atom. The largest absolute Gasteiger partial charge is 0.372 e.